The highest BCUT2D eigenvalue weighted by Gasteiger charge is 2.09. The molecule has 16 heavy (non-hydrogen) atoms. The van der Waals surface area contributed by atoms with Gasteiger partial charge < -0.3 is 10.2 Å². The minimum absolute atomic E-state index is 0.368. The second kappa shape index (κ2) is 7.75. The van der Waals surface area contributed by atoms with Crippen LogP contribution in [0.5, 0.6) is 0 Å². The number of carbonyl (C=O) groups is 2. The monoisotopic (exact) mass is 226 g/mol. The Kier molecular flexibility index (Phi) is 7.02. The van der Waals surface area contributed by atoms with Crippen LogP contribution in [0, 0.1) is 23.7 Å². The molecule has 0 rings (SSSR count). The first-order valence-corrected chi connectivity index (χ1v) is 5.36. The van der Waals surface area contributed by atoms with Crippen molar-refractivity contribution in [2.24, 2.45) is 11.8 Å². The summed E-state index contributed by atoms with van der Waals surface area (Å²) in [5, 5.41) is 17.2. The van der Waals surface area contributed by atoms with E-state index in [0.717, 1.165) is 0 Å². The Morgan fingerprint density at radius 3 is 1.50 bits per heavy atom. The van der Waals surface area contributed by atoms with Gasteiger partial charge in [-0.25, -0.2) is 0 Å². The molecule has 0 aliphatic heterocycles. The van der Waals surface area contributed by atoms with Crippen LogP contribution in [0.15, 0.2) is 0 Å². The molecule has 90 valence electrons. The van der Waals surface area contributed by atoms with Crippen LogP contribution >= 0.6 is 0 Å². The molecule has 2 N–H and O–H groups in total. The summed E-state index contributed by atoms with van der Waals surface area (Å²) in [7, 11) is 0. The Morgan fingerprint density at radius 1 is 0.938 bits per heavy atom. The molecule has 0 fully saturated rings. The van der Waals surface area contributed by atoms with Crippen LogP contribution < -0.4 is 0 Å². The maximum absolute atomic E-state index is 10.5. The Bertz CT molecular complexity index is 270. The van der Waals surface area contributed by atoms with Crippen LogP contribution in [-0.4, -0.2) is 22.2 Å². The maximum Gasteiger partial charge on any atom is 0.306 e. The molecule has 4 heteroatoms. The fourth-order valence-corrected chi connectivity index (χ4v) is 1.00. The summed E-state index contributed by atoms with van der Waals surface area (Å²) < 4.78 is 0. The molecule has 0 saturated carbocycles. The lowest BCUT2D eigenvalue weighted by Gasteiger charge is -2.01. The minimum Gasteiger partial charge on any atom is -0.481 e. The van der Waals surface area contributed by atoms with Gasteiger partial charge in [-0.2, -0.15) is 0 Å². The van der Waals surface area contributed by atoms with E-state index < -0.39 is 11.9 Å². The normalized spacial score (nSPS) is 13.4. The summed E-state index contributed by atoms with van der Waals surface area (Å²) in [6.07, 6.45) is 2.18. The zero-order valence-corrected chi connectivity index (χ0v) is 9.69. The van der Waals surface area contributed by atoms with Gasteiger partial charge >= 0.3 is 11.9 Å². The molecule has 0 saturated heterocycles. The van der Waals surface area contributed by atoms with E-state index in [1.165, 1.54) is 0 Å². The molecule has 2 unspecified atom stereocenters. The average Bonchev–Trinajstić information content (AvgIpc) is 2.21. The highest BCUT2D eigenvalue weighted by Crippen LogP contribution is 2.06. The molecule has 0 aliphatic rings. The average molecular weight is 226 g/mol. The minimum atomic E-state index is -0.804. The molecular formula is C12H18O4. The highest BCUT2D eigenvalue weighted by atomic mass is 16.4. The Balaban J connectivity index is 3.64. The molecule has 0 amide bonds. The number of hydrogen-bond acceptors (Lipinski definition) is 2. The molecule has 0 heterocycles. The van der Waals surface area contributed by atoms with E-state index in [0.29, 0.717) is 25.7 Å². The predicted molar refractivity (Wildman–Crippen MR) is 59.8 cm³/mol. The zero-order chi connectivity index (χ0) is 12.6. The second-order valence-corrected chi connectivity index (χ2v) is 3.91. The Labute approximate surface area is 95.7 Å². The number of carboxylic acid groups (broad SMARTS) is 2. The smallest absolute Gasteiger partial charge is 0.306 e. The van der Waals surface area contributed by atoms with E-state index >= 15 is 0 Å². The van der Waals surface area contributed by atoms with Gasteiger partial charge in [0.25, 0.3) is 0 Å². The van der Waals surface area contributed by atoms with Gasteiger partial charge in [-0.15, -0.1) is 11.8 Å². The topological polar surface area (TPSA) is 74.6 Å². The molecule has 4 nitrogen and oxygen atoms in total. The number of aliphatic carboxylic acids is 2. The fraction of sp³-hybridized carbons (Fsp3) is 0.667. The van der Waals surface area contributed by atoms with Crippen molar-refractivity contribution in [2.75, 3.05) is 0 Å². The summed E-state index contributed by atoms with van der Waals surface area (Å²) in [5.41, 5.74) is 0. The van der Waals surface area contributed by atoms with Gasteiger partial charge in [0.05, 0.1) is 11.8 Å². The molecular weight excluding hydrogens is 208 g/mol. The predicted octanol–water partition coefficient (Wildman–Crippen LogP) is 1.99. The van der Waals surface area contributed by atoms with Gasteiger partial charge in [0, 0.05) is 12.8 Å². The molecule has 0 bridgehead atoms. The van der Waals surface area contributed by atoms with E-state index in [-0.39, 0.29) is 11.8 Å². The molecule has 0 aromatic rings. The first-order chi connectivity index (χ1) is 7.45. The van der Waals surface area contributed by atoms with Crippen LogP contribution in [0.2, 0.25) is 0 Å². The Hall–Kier alpha value is -1.50. The highest BCUT2D eigenvalue weighted by molar-refractivity contribution is 5.69. The molecule has 2 atom stereocenters. The molecule has 0 aromatic carbocycles. The number of hydrogen-bond donors (Lipinski definition) is 2. The Morgan fingerprint density at radius 2 is 1.25 bits per heavy atom. The van der Waals surface area contributed by atoms with Crippen molar-refractivity contribution < 1.29 is 19.8 Å². The van der Waals surface area contributed by atoms with Crippen molar-refractivity contribution in [3.8, 4) is 11.8 Å². The molecule has 0 radical (unpaired) electrons. The van der Waals surface area contributed by atoms with Crippen LogP contribution in [0.1, 0.15) is 39.5 Å². The summed E-state index contributed by atoms with van der Waals surface area (Å²) in [4.78, 5) is 20.9. The first-order valence-electron chi connectivity index (χ1n) is 5.36. The third-order valence-electron chi connectivity index (χ3n) is 2.37. The van der Waals surface area contributed by atoms with Crippen molar-refractivity contribution >= 4 is 11.9 Å². The van der Waals surface area contributed by atoms with E-state index in [4.69, 9.17) is 10.2 Å². The van der Waals surface area contributed by atoms with Crippen molar-refractivity contribution in [2.45, 2.75) is 39.5 Å². The van der Waals surface area contributed by atoms with E-state index in [1.807, 2.05) is 0 Å². The van der Waals surface area contributed by atoms with Crippen molar-refractivity contribution in [1.82, 2.24) is 0 Å². The van der Waals surface area contributed by atoms with Gasteiger partial charge in [0.1, 0.15) is 0 Å². The molecule has 0 aromatic heterocycles. The fourth-order valence-electron chi connectivity index (χ4n) is 1.00. The van der Waals surface area contributed by atoms with Crippen molar-refractivity contribution in [1.29, 1.82) is 0 Å². The standard InChI is InChI=1S/C12H18O4/c1-9(11(13)14)7-5-3-4-6-8-10(2)12(15)16/h9-10H,5-8H2,1-2H3,(H,13,14)(H,15,16). The lowest BCUT2D eigenvalue weighted by atomic mass is 10.1. The van der Waals surface area contributed by atoms with Crippen molar-refractivity contribution in [3.63, 3.8) is 0 Å². The van der Waals surface area contributed by atoms with E-state index in [1.54, 1.807) is 13.8 Å². The second-order valence-electron chi connectivity index (χ2n) is 3.91. The van der Waals surface area contributed by atoms with Gasteiger partial charge in [0.2, 0.25) is 0 Å². The van der Waals surface area contributed by atoms with Gasteiger partial charge in [-0.1, -0.05) is 13.8 Å². The first kappa shape index (κ1) is 14.5. The van der Waals surface area contributed by atoms with Gasteiger partial charge in [-0.05, 0) is 12.8 Å². The lowest BCUT2D eigenvalue weighted by Crippen LogP contribution is -2.08. The van der Waals surface area contributed by atoms with Crippen LogP contribution in [-0.2, 0) is 9.59 Å². The van der Waals surface area contributed by atoms with Gasteiger partial charge in [-0.3, -0.25) is 9.59 Å². The third kappa shape index (κ3) is 6.88. The SMILES string of the molecule is CC(CCC#CCCC(C)C(=O)O)C(=O)O. The van der Waals surface area contributed by atoms with E-state index in [9.17, 15) is 9.59 Å². The van der Waals surface area contributed by atoms with Crippen LogP contribution in [0.3, 0.4) is 0 Å². The van der Waals surface area contributed by atoms with Crippen LogP contribution in [0.25, 0.3) is 0 Å². The largest absolute Gasteiger partial charge is 0.481 e. The van der Waals surface area contributed by atoms with Crippen molar-refractivity contribution in [3.05, 3.63) is 0 Å². The summed E-state index contributed by atoms with van der Waals surface area (Å²) in [5.74, 6) is 3.37. The quantitative estimate of drug-likeness (QED) is 0.679. The number of carboxylic acids is 2. The summed E-state index contributed by atoms with van der Waals surface area (Å²) in [6, 6.07) is 0. The van der Waals surface area contributed by atoms with Crippen LogP contribution in [0.4, 0.5) is 0 Å². The number of rotatable bonds is 6. The third-order valence-corrected chi connectivity index (χ3v) is 2.37. The summed E-state index contributed by atoms with van der Waals surface area (Å²) in [6.45, 7) is 3.30. The molecule has 0 spiro atoms. The maximum atomic E-state index is 10.5. The summed E-state index contributed by atoms with van der Waals surface area (Å²) >= 11 is 0. The van der Waals surface area contributed by atoms with E-state index in [2.05, 4.69) is 11.8 Å². The zero-order valence-electron chi connectivity index (χ0n) is 9.69. The lowest BCUT2D eigenvalue weighted by molar-refractivity contribution is -0.142. The molecule has 0 aliphatic carbocycles. The van der Waals surface area contributed by atoms with Gasteiger partial charge in [0.15, 0.2) is 0 Å².